The highest BCUT2D eigenvalue weighted by atomic mass is 16.6. The monoisotopic (exact) mass is 370 g/mol. The van der Waals surface area contributed by atoms with Gasteiger partial charge in [0.15, 0.2) is 0 Å². The van der Waals surface area contributed by atoms with Crippen LogP contribution in [0, 0.1) is 5.92 Å². The Bertz CT molecular complexity index is 514. The molecule has 0 saturated heterocycles. The van der Waals surface area contributed by atoms with E-state index in [0.29, 0.717) is 25.9 Å². The Kier molecular flexibility index (Phi) is 8.41. The maximum absolute atomic E-state index is 12.1. The third-order valence-electron chi connectivity index (χ3n) is 3.81. The molecule has 0 heterocycles. The van der Waals surface area contributed by atoms with Crippen molar-refractivity contribution in [2.75, 3.05) is 13.2 Å². The van der Waals surface area contributed by atoms with Gasteiger partial charge in [0.2, 0.25) is 0 Å². The normalized spacial score (nSPS) is 22.7. The summed E-state index contributed by atoms with van der Waals surface area (Å²) in [6.07, 6.45) is 1.68. The molecule has 1 saturated carbocycles. The molecule has 3 atom stereocenters. The molecule has 1 rings (SSSR count). The lowest BCUT2D eigenvalue weighted by Crippen LogP contribution is -2.56. The molecule has 148 valence electrons. The average molecular weight is 370 g/mol. The van der Waals surface area contributed by atoms with E-state index in [2.05, 4.69) is 17.2 Å². The Hall–Kier alpha value is -2.25. The fourth-order valence-corrected chi connectivity index (χ4v) is 2.76. The summed E-state index contributed by atoms with van der Waals surface area (Å²) in [5.41, 5.74) is -0.648. The molecular formula is C18H30N2O6. The Morgan fingerprint density at radius 1 is 1.08 bits per heavy atom. The van der Waals surface area contributed by atoms with Gasteiger partial charge in [-0.25, -0.2) is 9.59 Å². The van der Waals surface area contributed by atoms with Crippen molar-refractivity contribution in [1.29, 1.82) is 0 Å². The van der Waals surface area contributed by atoms with E-state index >= 15 is 0 Å². The van der Waals surface area contributed by atoms with Crippen molar-refractivity contribution in [1.82, 2.24) is 10.6 Å². The average Bonchev–Trinajstić information content (AvgIpc) is 2.53. The van der Waals surface area contributed by atoms with Gasteiger partial charge in [-0.05, 0) is 47.0 Å². The SMILES string of the molecule is C=CCOC(=O)N[C@H]1CC[C@H](C(=O)OCC)C[C@H]1NC(=O)OC(C)(C)C. The molecule has 0 aliphatic heterocycles. The number of carbonyl (C=O) groups excluding carboxylic acids is 3. The van der Waals surface area contributed by atoms with Crippen LogP contribution in [0.4, 0.5) is 9.59 Å². The molecule has 0 aromatic heterocycles. The number of ether oxygens (including phenoxy) is 3. The lowest BCUT2D eigenvalue weighted by atomic mass is 9.82. The number of alkyl carbamates (subject to hydrolysis) is 2. The number of hydrogen-bond donors (Lipinski definition) is 2. The largest absolute Gasteiger partial charge is 0.466 e. The minimum atomic E-state index is -0.648. The molecule has 0 bridgehead atoms. The predicted molar refractivity (Wildman–Crippen MR) is 95.6 cm³/mol. The van der Waals surface area contributed by atoms with Crippen LogP contribution in [0.2, 0.25) is 0 Å². The molecule has 0 unspecified atom stereocenters. The van der Waals surface area contributed by atoms with Crippen molar-refractivity contribution < 1.29 is 28.6 Å². The lowest BCUT2D eigenvalue weighted by molar-refractivity contribution is -0.149. The Balaban J connectivity index is 2.76. The summed E-state index contributed by atoms with van der Waals surface area (Å²) in [6.45, 7) is 10.9. The van der Waals surface area contributed by atoms with Crippen LogP contribution in [0.15, 0.2) is 12.7 Å². The van der Waals surface area contributed by atoms with Crippen LogP contribution in [0.3, 0.4) is 0 Å². The van der Waals surface area contributed by atoms with Gasteiger partial charge in [0, 0.05) is 0 Å². The molecule has 2 N–H and O–H groups in total. The zero-order valence-electron chi connectivity index (χ0n) is 16.0. The van der Waals surface area contributed by atoms with Crippen molar-refractivity contribution in [3.05, 3.63) is 12.7 Å². The van der Waals surface area contributed by atoms with E-state index in [1.807, 2.05) is 0 Å². The summed E-state index contributed by atoms with van der Waals surface area (Å²) < 4.78 is 15.3. The van der Waals surface area contributed by atoms with Crippen LogP contribution in [0.25, 0.3) is 0 Å². The highest BCUT2D eigenvalue weighted by Gasteiger charge is 2.37. The molecular weight excluding hydrogens is 340 g/mol. The third-order valence-corrected chi connectivity index (χ3v) is 3.81. The van der Waals surface area contributed by atoms with E-state index in [1.54, 1.807) is 27.7 Å². The Morgan fingerprint density at radius 3 is 2.31 bits per heavy atom. The van der Waals surface area contributed by atoms with Gasteiger partial charge in [-0.2, -0.15) is 0 Å². The van der Waals surface area contributed by atoms with Gasteiger partial charge in [-0.1, -0.05) is 12.7 Å². The van der Waals surface area contributed by atoms with Crippen molar-refractivity contribution in [3.63, 3.8) is 0 Å². The Labute approximate surface area is 154 Å². The van der Waals surface area contributed by atoms with Crippen molar-refractivity contribution in [2.24, 2.45) is 5.92 Å². The summed E-state index contributed by atoms with van der Waals surface area (Å²) in [6, 6.07) is -0.838. The number of rotatable bonds is 6. The minimum Gasteiger partial charge on any atom is -0.466 e. The molecule has 0 aromatic rings. The van der Waals surface area contributed by atoms with Gasteiger partial charge in [0.05, 0.1) is 24.6 Å². The molecule has 8 heteroatoms. The number of amides is 2. The van der Waals surface area contributed by atoms with Crippen LogP contribution in [-0.2, 0) is 19.0 Å². The fourth-order valence-electron chi connectivity index (χ4n) is 2.76. The van der Waals surface area contributed by atoms with Crippen molar-refractivity contribution >= 4 is 18.2 Å². The quantitative estimate of drug-likeness (QED) is 0.423. The molecule has 1 fully saturated rings. The number of hydrogen-bond acceptors (Lipinski definition) is 6. The summed E-state index contributed by atoms with van der Waals surface area (Å²) >= 11 is 0. The van der Waals surface area contributed by atoms with Crippen molar-refractivity contribution in [2.45, 2.75) is 64.6 Å². The van der Waals surface area contributed by atoms with Crippen LogP contribution < -0.4 is 10.6 Å². The highest BCUT2D eigenvalue weighted by molar-refractivity contribution is 5.74. The van der Waals surface area contributed by atoms with E-state index in [-0.39, 0.29) is 24.5 Å². The van der Waals surface area contributed by atoms with E-state index in [1.165, 1.54) is 6.08 Å². The number of esters is 1. The van der Waals surface area contributed by atoms with Crippen LogP contribution in [0.5, 0.6) is 0 Å². The number of carbonyl (C=O) groups is 3. The van der Waals surface area contributed by atoms with E-state index in [9.17, 15) is 14.4 Å². The van der Waals surface area contributed by atoms with Gasteiger partial charge in [-0.3, -0.25) is 4.79 Å². The Morgan fingerprint density at radius 2 is 1.73 bits per heavy atom. The number of nitrogens with one attached hydrogen (secondary N) is 2. The van der Waals surface area contributed by atoms with Crippen LogP contribution >= 0.6 is 0 Å². The molecule has 1 aliphatic rings. The first-order valence-corrected chi connectivity index (χ1v) is 8.86. The minimum absolute atomic E-state index is 0.0914. The summed E-state index contributed by atoms with van der Waals surface area (Å²) in [5, 5.41) is 5.49. The molecule has 1 aliphatic carbocycles. The molecule has 0 aromatic carbocycles. The third kappa shape index (κ3) is 7.76. The molecule has 8 nitrogen and oxygen atoms in total. The van der Waals surface area contributed by atoms with Gasteiger partial charge in [0.25, 0.3) is 0 Å². The topological polar surface area (TPSA) is 103 Å². The fraction of sp³-hybridized carbons (Fsp3) is 0.722. The van der Waals surface area contributed by atoms with Crippen molar-refractivity contribution in [3.8, 4) is 0 Å². The maximum atomic E-state index is 12.1. The van der Waals surface area contributed by atoms with Gasteiger partial charge in [-0.15, -0.1) is 0 Å². The van der Waals surface area contributed by atoms with E-state index < -0.39 is 23.8 Å². The molecule has 0 radical (unpaired) electrons. The predicted octanol–water partition coefficient (Wildman–Crippen LogP) is 2.52. The first-order chi connectivity index (χ1) is 12.2. The zero-order chi connectivity index (χ0) is 19.7. The maximum Gasteiger partial charge on any atom is 0.407 e. The zero-order valence-corrected chi connectivity index (χ0v) is 16.0. The summed E-state index contributed by atoms with van der Waals surface area (Å²) in [5.74, 6) is -0.631. The van der Waals surface area contributed by atoms with Crippen LogP contribution in [0.1, 0.15) is 47.0 Å². The highest BCUT2D eigenvalue weighted by Crippen LogP contribution is 2.26. The molecule has 26 heavy (non-hydrogen) atoms. The standard InChI is InChI=1S/C18H30N2O6/c1-6-10-25-16(22)19-13-9-8-12(15(21)24-7-2)11-14(13)20-17(23)26-18(3,4)5/h6,12-14H,1,7-11H2,2-5H3,(H,19,22)(H,20,23)/t12-,13-,14+/m0/s1. The summed E-state index contributed by atoms with van der Waals surface area (Å²) in [7, 11) is 0. The first kappa shape index (κ1) is 21.8. The van der Waals surface area contributed by atoms with Gasteiger partial charge >= 0.3 is 18.2 Å². The molecule has 0 spiro atoms. The van der Waals surface area contributed by atoms with Gasteiger partial charge in [0.1, 0.15) is 12.2 Å². The second-order valence-electron chi connectivity index (χ2n) is 7.15. The first-order valence-electron chi connectivity index (χ1n) is 8.86. The second kappa shape index (κ2) is 10.0. The van der Waals surface area contributed by atoms with E-state index in [4.69, 9.17) is 14.2 Å². The second-order valence-corrected chi connectivity index (χ2v) is 7.15. The smallest absolute Gasteiger partial charge is 0.407 e. The van der Waals surface area contributed by atoms with Gasteiger partial charge < -0.3 is 24.8 Å². The molecule has 2 amide bonds. The van der Waals surface area contributed by atoms with E-state index in [0.717, 1.165) is 0 Å². The van der Waals surface area contributed by atoms with Crippen LogP contribution in [-0.4, -0.2) is 49.1 Å². The lowest BCUT2D eigenvalue weighted by Gasteiger charge is -2.36. The summed E-state index contributed by atoms with van der Waals surface area (Å²) in [4.78, 5) is 36.0.